The summed E-state index contributed by atoms with van der Waals surface area (Å²) < 4.78 is 5.70. The van der Waals surface area contributed by atoms with Gasteiger partial charge in [-0.15, -0.1) is 0 Å². The highest BCUT2D eigenvalue weighted by atomic mass is 16.5. The van der Waals surface area contributed by atoms with Gasteiger partial charge in [-0.25, -0.2) is 0 Å². The van der Waals surface area contributed by atoms with Gasteiger partial charge in [0.25, 0.3) is 0 Å². The minimum Gasteiger partial charge on any atom is -0.376 e. The lowest BCUT2D eigenvalue weighted by Crippen LogP contribution is -2.60. The third-order valence-electron chi connectivity index (χ3n) is 5.02. The molecule has 3 nitrogen and oxygen atoms in total. The summed E-state index contributed by atoms with van der Waals surface area (Å²) in [5, 5.41) is 0. The normalized spacial score (nSPS) is 37.7. The van der Waals surface area contributed by atoms with Crippen molar-refractivity contribution in [1.82, 2.24) is 4.90 Å². The highest BCUT2D eigenvalue weighted by Crippen LogP contribution is 2.39. The van der Waals surface area contributed by atoms with E-state index >= 15 is 0 Å². The minimum absolute atomic E-state index is 0.260. The fourth-order valence-electron chi connectivity index (χ4n) is 4.18. The van der Waals surface area contributed by atoms with Gasteiger partial charge in [0.1, 0.15) is 0 Å². The van der Waals surface area contributed by atoms with E-state index in [9.17, 15) is 0 Å². The predicted octanol–water partition coefficient (Wildman–Crippen LogP) is 2.64. The van der Waals surface area contributed by atoms with E-state index in [1.54, 1.807) is 0 Å². The minimum atomic E-state index is 0.260. The fourth-order valence-corrected chi connectivity index (χ4v) is 4.18. The molecule has 0 aromatic heterocycles. The molecule has 0 aromatic rings. The standard InChI is InChI=1S/C16H32N2O/c1-13(2)9-15-5-4-6-16(10-15,12-17)18-7-8-19-14(3)11-18/h13-15H,4-12,17H2,1-3H3. The van der Waals surface area contributed by atoms with Crippen molar-refractivity contribution in [3.63, 3.8) is 0 Å². The molecule has 0 aromatic carbocycles. The Bertz CT molecular complexity index is 282. The van der Waals surface area contributed by atoms with Crippen molar-refractivity contribution in [3.8, 4) is 0 Å². The Morgan fingerprint density at radius 3 is 2.84 bits per heavy atom. The molecule has 1 heterocycles. The van der Waals surface area contributed by atoms with Gasteiger partial charge in [0.05, 0.1) is 12.7 Å². The van der Waals surface area contributed by atoms with Crippen LogP contribution in [0.5, 0.6) is 0 Å². The van der Waals surface area contributed by atoms with Gasteiger partial charge in [-0.2, -0.15) is 0 Å². The van der Waals surface area contributed by atoms with Gasteiger partial charge < -0.3 is 10.5 Å². The average Bonchev–Trinajstić information content (AvgIpc) is 2.38. The molecular weight excluding hydrogens is 236 g/mol. The van der Waals surface area contributed by atoms with Gasteiger partial charge in [-0.1, -0.05) is 26.7 Å². The van der Waals surface area contributed by atoms with Crippen LogP contribution >= 0.6 is 0 Å². The molecule has 1 aliphatic carbocycles. The first-order valence-electron chi connectivity index (χ1n) is 8.12. The molecule has 19 heavy (non-hydrogen) atoms. The van der Waals surface area contributed by atoms with E-state index in [1.807, 2.05) is 0 Å². The quantitative estimate of drug-likeness (QED) is 0.852. The molecule has 1 saturated carbocycles. The maximum atomic E-state index is 6.23. The van der Waals surface area contributed by atoms with Crippen molar-refractivity contribution < 1.29 is 4.74 Å². The predicted molar refractivity (Wildman–Crippen MR) is 80.2 cm³/mol. The van der Waals surface area contributed by atoms with Gasteiger partial charge in [-0.05, 0) is 38.0 Å². The van der Waals surface area contributed by atoms with Gasteiger partial charge in [0.2, 0.25) is 0 Å². The molecule has 2 aliphatic rings. The van der Waals surface area contributed by atoms with E-state index in [0.29, 0.717) is 6.10 Å². The molecule has 3 heteroatoms. The van der Waals surface area contributed by atoms with E-state index in [-0.39, 0.29) is 5.54 Å². The summed E-state index contributed by atoms with van der Waals surface area (Å²) in [4.78, 5) is 2.65. The van der Waals surface area contributed by atoms with Gasteiger partial charge in [0, 0.05) is 25.2 Å². The van der Waals surface area contributed by atoms with Crippen molar-refractivity contribution in [2.24, 2.45) is 17.6 Å². The average molecular weight is 268 g/mol. The molecule has 2 N–H and O–H groups in total. The van der Waals surface area contributed by atoms with Crippen molar-refractivity contribution in [2.45, 2.75) is 64.5 Å². The molecule has 0 spiro atoms. The van der Waals surface area contributed by atoms with Crippen LogP contribution in [0.2, 0.25) is 0 Å². The molecule has 2 rings (SSSR count). The van der Waals surface area contributed by atoms with Gasteiger partial charge in [-0.3, -0.25) is 4.90 Å². The summed E-state index contributed by atoms with van der Waals surface area (Å²) in [5.74, 6) is 1.68. The van der Waals surface area contributed by atoms with Crippen LogP contribution in [0.4, 0.5) is 0 Å². The Morgan fingerprint density at radius 2 is 2.21 bits per heavy atom. The molecule has 1 aliphatic heterocycles. The molecule has 112 valence electrons. The summed E-state index contributed by atoms with van der Waals surface area (Å²) in [7, 11) is 0. The Hall–Kier alpha value is -0.120. The summed E-state index contributed by atoms with van der Waals surface area (Å²) in [6.07, 6.45) is 7.06. The summed E-state index contributed by atoms with van der Waals surface area (Å²) in [6, 6.07) is 0. The molecule has 2 fully saturated rings. The SMILES string of the molecule is CC(C)CC1CCCC(CN)(N2CCOC(C)C2)C1. The third-order valence-corrected chi connectivity index (χ3v) is 5.02. The second-order valence-corrected chi connectivity index (χ2v) is 7.15. The second-order valence-electron chi connectivity index (χ2n) is 7.15. The number of hydrogen-bond acceptors (Lipinski definition) is 3. The molecule has 3 atom stereocenters. The van der Waals surface area contributed by atoms with Crippen molar-refractivity contribution in [1.29, 1.82) is 0 Å². The molecule has 1 saturated heterocycles. The maximum absolute atomic E-state index is 6.23. The number of ether oxygens (including phenoxy) is 1. The number of morpholine rings is 1. The van der Waals surface area contributed by atoms with E-state index in [2.05, 4.69) is 25.7 Å². The Kier molecular flexibility index (Phi) is 5.27. The van der Waals surface area contributed by atoms with Crippen molar-refractivity contribution in [2.75, 3.05) is 26.2 Å². The van der Waals surface area contributed by atoms with Crippen LogP contribution in [0, 0.1) is 11.8 Å². The lowest BCUT2D eigenvalue weighted by atomic mass is 9.72. The molecular formula is C16H32N2O. The number of nitrogens with two attached hydrogens (primary N) is 1. The summed E-state index contributed by atoms with van der Waals surface area (Å²) in [6.45, 7) is 10.7. The van der Waals surface area contributed by atoms with Crippen molar-refractivity contribution in [3.05, 3.63) is 0 Å². The molecule has 0 radical (unpaired) electrons. The molecule has 0 bridgehead atoms. The lowest BCUT2D eigenvalue weighted by Gasteiger charge is -2.50. The topological polar surface area (TPSA) is 38.5 Å². The first-order chi connectivity index (χ1) is 9.05. The van der Waals surface area contributed by atoms with Crippen LogP contribution in [-0.4, -0.2) is 42.8 Å². The summed E-state index contributed by atoms with van der Waals surface area (Å²) >= 11 is 0. The summed E-state index contributed by atoms with van der Waals surface area (Å²) in [5.41, 5.74) is 6.48. The third kappa shape index (κ3) is 3.71. The number of nitrogens with zero attached hydrogens (tertiary/aromatic N) is 1. The molecule has 0 amide bonds. The first-order valence-corrected chi connectivity index (χ1v) is 8.12. The lowest BCUT2D eigenvalue weighted by molar-refractivity contribution is -0.0769. The largest absolute Gasteiger partial charge is 0.376 e. The van der Waals surface area contributed by atoms with Crippen LogP contribution in [0.1, 0.15) is 52.9 Å². The van der Waals surface area contributed by atoms with Crippen LogP contribution in [0.15, 0.2) is 0 Å². The monoisotopic (exact) mass is 268 g/mol. The van der Waals surface area contributed by atoms with E-state index in [1.165, 1.54) is 32.1 Å². The first kappa shape index (κ1) is 15.3. The maximum Gasteiger partial charge on any atom is 0.0674 e. The van der Waals surface area contributed by atoms with Gasteiger partial charge >= 0.3 is 0 Å². The zero-order chi connectivity index (χ0) is 13.9. The van der Waals surface area contributed by atoms with Crippen LogP contribution < -0.4 is 5.73 Å². The van der Waals surface area contributed by atoms with Crippen LogP contribution in [0.25, 0.3) is 0 Å². The Morgan fingerprint density at radius 1 is 1.42 bits per heavy atom. The molecule has 3 unspecified atom stereocenters. The van der Waals surface area contributed by atoms with E-state index in [4.69, 9.17) is 10.5 Å². The van der Waals surface area contributed by atoms with Crippen LogP contribution in [-0.2, 0) is 4.74 Å². The zero-order valence-corrected chi connectivity index (χ0v) is 13.0. The number of rotatable bonds is 4. The second kappa shape index (κ2) is 6.55. The highest BCUT2D eigenvalue weighted by molar-refractivity contribution is 4.98. The fraction of sp³-hybridized carbons (Fsp3) is 1.00. The van der Waals surface area contributed by atoms with E-state index in [0.717, 1.165) is 38.1 Å². The van der Waals surface area contributed by atoms with Crippen molar-refractivity contribution >= 4 is 0 Å². The van der Waals surface area contributed by atoms with Gasteiger partial charge in [0.15, 0.2) is 0 Å². The number of hydrogen-bond donors (Lipinski definition) is 1. The highest BCUT2D eigenvalue weighted by Gasteiger charge is 2.41. The van der Waals surface area contributed by atoms with Crippen LogP contribution in [0.3, 0.4) is 0 Å². The smallest absolute Gasteiger partial charge is 0.0674 e. The van der Waals surface area contributed by atoms with E-state index < -0.39 is 0 Å². The Labute approximate surface area is 118 Å². The zero-order valence-electron chi connectivity index (χ0n) is 13.0. The Balaban J connectivity index is 2.03.